The summed E-state index contributed by atoms with van der Waals surface area (Å²) in [7, 11) is 1.57. The third-order valence-electron chi connectivity index (χ3n) is 4.26. The highest BCUT2D eigenvalue weighted by atomic mass is 19.1. The van der Waals surface area contributed by atoms with E-state index in [9.17, 15) is 9.18 Å². The summed E-state index contributed by atoms with van der Waals surface area (Å²) in [5, 5.41) is 7.15. The number of anilines is 1. The van der Waals surface area contributed by atoms with Crippen LogP contribution in [0.2, 0.25) is 0 Å². The van der Waals surface area contributed by atoms with Gasteiger partial charge in [-0.25, -0.2) is 14.1 Å². The molecule has 4 aromatic rings. The lowest BCUT2D eigenvalue weighted by Gasteiger charge is -2.05. The van der Waals surface area contributed by atoms with Gasteiger partial charge in [-0.05, 0) is 60.7 Å². The molecule has 0 aliphatic heterocycles. The van der Waals surface area contributed by atoms with Crippen LogP contribution in [0.3, 0.4) is 0 Å². The molecule has 1 aromatic heterocycles. The molecule has 4 rings (SSSR count). The Hall–Kier alpha value is -4.00. The van der Waals surface area contributed by atoms with Crippen molar-refractivity contribution in [3.63, 3.8) is 0 Å². The van der Waals surface area contributed by atoms with Crippen molar-refractivity contribution in [1.29, 1.82) is 0 Å². The number of rotatable bonds is 5. The lowest BCUT2D eigenvalue weighted by molar-refractivity contribution is 0.101. The number of nitrogens with one attached hydrogen (secondary N) is 1. The van der Waals surface area contributed by atoms with Crippen LogP contribution in [0.5, 0.6) is 5.75 Å². The first-order chi connectivity index (χ1) is 14.1. The fourth-order valence-corrected chi connectivity index (χ4v) is 2.80. The van der Waals surface area contributed by atoms with Crippen LogP contribution >= 0.6 is 0 Å². The topological polar surface area (TPSA) is 69.0 Å². The molecule has 6 nitrogen and oxygen atoms in total. The van der Waals surface area contributed by atoms with Crippen LogP contribution in [0.15, 0.2) is 78.9 Å². The van der Waals surface area contributed by atoms with Crippen molar-refractivity contribution < 1.29 is 13.9 Å². The lowest BCUT2D eigenvalue weighted by Crippen LogP contribution is -2.14. The number of halogens is 1. The van der Waals surface area contributed by atoms with Gasteiger partial charge in [-0.3, -0.25) is 4.79 Å². The summed E-state index contributed by atoms with van der Waals surface area (Å²) >= 11 is 0. The van der Waals surface area contributed by atoms with E-state index in [1.807, 2.05) is 30.3 Å². The van der Waals surface area contributed by atoms with Crippen molar-refractivity contribution >= 4 is 11.6 Å². The molecule has 0 spiro atoms. The minimum atomic E-state index is -0.451. The first kappa shape index (κ1) is 18.4. The van der Waals surface area contributed by atoms with Gasteiger partial charge >= 0.3 is 0 Å². The third-order valence-corrected chi connectivity index (χ3v) is 4.26. The van der Waals surface area contributed by atoms with Gasteiger partial charge in [0.2, 0.25) is 5.82 Å². The van der Waals surface area contributed by atoms with Crippen molar-refractivity contribution in [3.05, 3.63) is 90.5 Å². The van der Waals surface area contributed by atoms with E-state index >= 15 is 0 Å². The summed E-state index contributed by atoms with van der Waals surface area (Å²) in [4.78, 5) is 17.1. The van der Waals surface area contributed by atoms with Crippen LogP contribution in [-0.4, -0.2) is 27.8 Å². The predicted molar refractivity (Wildman–Crippen MR) is 108 cm³/mol. The maximum Gasteiger partial charge on any atom is 0.295 e. The summed E-state index contributed by atoms with van der Waals surface area (Å²) in [5.41, 5.74) is 1.98. The van der Waals surface area contributed by atoms with Crippen LogP contribution < -0.4 is 10.1 Å². The summed E-state index contributed by atoms with van der Waals surface area (Å²) in [6, 6.07) is 22.2. The highest BCUT2D eigenvalue weighted by molar-refractivity contribution is 6.01. The van der Waals surface area contributed by atoms with Gasteiger partial charge in [-0.15, -0.1) is 5.10 Å². The van der Waals surface area contributed by atoms with Crippen LogP contribution in [0.25, 0.3) is 17.1 Å². The van der Waals surface area contributed by atoms with Crippen LogP contribution in [-0.2, 0) is 0 Å². The second-order valence-corrected chi connectivity index (χ2v) is 6.20. The first-order valence-electron chi connectivity index (χ1n) is 8.88. The average Bonchev–Trinajstić information content (AvgIpc) is 3.21. The van der Waals surface area contributed by atoms with E-state index < -0.39 is 5.91 Å². The number of aromatic nitrogens is 3. The van der Waals surface area contributed by atoms with E-state index in [2.05, 4.69) is 15.4 Å². The van der Waals surface area contributed by atoms with Crippen molar-refractivity contribution in [2.24, 2.45) is 0 Å². The predicted octanol–water partition coefficient (Wildman–Crippen LogP) is 4.33. The van der Waals surface area contributed by atoms with Gasteiger partial charge in [0.25, 0.3) is 5.91 Å². The molecule has 29 heavy (non-hydrogen) atoms. The van der Waals surface area contributed by atoms with Gasteiger partial charge in [0.05, 0.1) is 12.8 Å². The van der Waals surface area contributed by atoms with Gasteiger partial charge in [0.1, 0.15) is 11.6 Å². The Morgan fingerprint density at radius 2 is 1.66 bits per heavy atom. The number of benzene rings is 3. The summed E-state index contributed by atoms with van der Waals surface area (Å²) in [5.74, 6) is 0.332. The Bertz CT molecular complexity index is 1120. The fourth-order valence-electron chi connectivity index (χ4n) is 2.80. The maximum atomic E-state index is 13.3. The van der Waals surface area contributed by atoms with Crippen molar-refractivity contribution in [1.82, 2.24) is 14.8 Å². The number of carbonyl (C=O) groups is 1. The molecular weight excluding hydrogens is 371 g/mol. The number of para-hydroxylation sites is 1. The molecule has 0 unspecified atom stereocenters. The molecule has 0 fully saturated rings. The van der Waals surface area contributed by atoms with Gasteiger partial charge in [-0.2, -0.15) is 0 Å². The van der Waals surface area contributed by atoms with Crippen molar-refractivity contribution in [2.45, 2.75) is 0 Å². The number of methoxy groups -OCH3 is 1. The van der Waals surface area contributed by atoms with E-state index in [1.165, 1.54) is 12.1 Å². The standard InChI is InChI=1S/C22H17FN4O2/c1-29-19-13-11-17(12-14-19)24-22(28)20-25-21(15-7-9-16(23)10-8-15)27(26-20)18-5-3-2-4-6-18/h2-14H,1H3,(H,24,28). The monoisotopic (exact) mass is 388 g/mol. The molecule has 0 aliphatic rings. The summed E-state index contributed by atoms with van der Waals surface area (Å²) in [6.45, 7) is 0. The van der Waals surface area contributed by atoms with E-state index in [0.717, 1.165) is 5.69 Å². The molecule has 144 valence electrons. The summed E-state index contributed by atoms with van der Waals surface area (Å²) < 4.78 is 20.0. The Morgan fingerprint density at radius 3 is 2.31 bits per heavy atom. The van der Waals surface area contributed by atoms with Gasteiger partial charge in [0, 0.05) is 11.3 Å². The molecule has 7 heteroatoms. The van der Waals surface area contributed by atoms with Crippen molar-refractivity contribution in [2.75, 3.05) is 12.4 Å². The number of ether oxygens (including phenoxy) is 1. The third kappa shape index (κ3) is 3.98. The zero-order valence-corrected chi connectivity index (χ0v) is 15.5. The van der Waals surface area contributed by atoms with Gasteiger partial charge in [-0.1, -0.05) is 18.2 Å². The number of carbonyl (C=O) groups excluding carboxylic acids is 1. The molecule has 0 aliphatic carbocycles. The molecule has 0 saturated heterocycles. The molecule has 1 N–H and O–H groups in total. The zero-order chi connectivity index (χ0) is 20.2. The van der Waals surface area contributed by atoms with Crippen LogP contribution in [0.4, 0.5) is 10.1 Å². The fraction of sp³-hybridized carbons (Fsp3) is 0.0455. The smallest absolute Gasteiger partial charge is 0.295 e. The minimum Gasteiger partial charge on any atom is -0.497 e. The van der Waals surface area contributed by atoms with Crippen LogP contribution in [0.1, 0.15) is 10.6 Å². The number of amides is 1. The number of hydrogen-bond acceptors (Lipinski definition) is 4. The van der Waals surface area contributed by atoms with E-state index in [1.54, 1.807) is 48.2 Å². The average molecular weight is 388 g/mol. The first-order valence-corrected chi connectivity index (χ1v) is 8.88. The molecule has 0 radical (unpaired) electrons. The molecule has 3 aromatic carbocycles. The van der Waals surface area contributed by atoms with E-state index in [0.29, 0.717) is 22.8 Å². The Kier molecular flexibility index (Phi) is 5.03. The SMILES string of the molecule is COc1ccc(NC(=O)c2nc(-c3ccc(F)cc3)n(-c3ccccc3)n2)cc1. The Morgan fingerprint density at radius 1 is 0.966 bits per heavy atom. The molecule has 1 amide bonds. The second kappa shape index (κ2) is 7.93. The number of nitrogens with zero attached hydrogens (tertiary/aromatic N) is 3. The lowest BCUT2D eigenvalue weighted by atomic mass is 10.2. The maximum absolute atomic E-state index is 13.3. The highest BCUT2D eigenvalue weighted by Gasteiger charge is 2.19. The largest absolute Gasteiger partial charge is 0.497 e. The Balaban J connectivity index is 1.70. The van der Waals surface area contributed by atoms with E-state index in [4.69, 9.17) is 4.74 Å². The van der Waals surface area contributed by atoms with E-state index in [-0.39, 0.29) is 11.6 Å². The van der Waals surface area contributed by atoms with Crippen LogP contribution in [0, 0.1) is 5.82 Å². The summed E-state index contributed by atoms with van der Waals surface area (Å²) in [6.07, 6.45) is 0. The molecular formula is C22H17FN4O2. The Labute approximate surface area is 166 Å². The minimum absolute atomic E-state index is 0.00370. The normalized spacial score (nSPS) is 10.6. The zero-order valence-electron chi connectivity index (χ0n) is 15.5. The molecule has 0 saturated carbocycles. The number of hydrogen-bond donors (Lipinski definition) is 1. The molecule has 0 atom stereocenters. The quantitative estimate of drug-likeness (QED) is 0.552. The van der Waals surface area contributed by atoms with Crippen molar-refractivity contribution in [3.8, 4) is 22.8 Å². The second-order valence-electron chi connectivity index (χ2n) is 6.20. The van der Waals surface area contributed by atoms with Gasteiger partial charge < -0.3 is 10.1 Å². The highest BCUT2D eigenvalue weighted by Crippen LogP contribution is 2.22. The molecule has 0 bridgehead atoms. The van der Waals surface area contributed by atoms with Gasteiger partial charge in [0.15, 0.2) is 5.82 Å². The molecule has 1 heterocycles.